The van der Waals surface area contributed by atoms with Crippen molar-refractivity contribution in [3.05, 3.63) is 18.6 Å². The molecule has 0 spiro atoms. The molecular weight excluding hydrogens is 462 g/mol. The molecule has 0 radical (unpaired) electrons. The quantitative estimate of drug-likeness (QED) is 0.490. The van der Waals surface area contributed by atoms with Gasteiger partial charge in [0.25, 0.3) is 0 Å². The summed E-state index contributed by atoms with van der Waals surface area (Å²) in [6.45, 7) is 3.72. The molecule has 0 bridgehead atoms. The van der Waals surface area contributed by atoms with Crippen molar-refractivity contribution in [1.82, 2.24) is 30.1 Å². The van der Waals surface area contributed by atoms with Crippen molar-refractivity contribution in [3.63, 3.8) is 0 Å². The van der Waals surface area contributed by atoms with Gasteiger partial charge >= 0.3 is 6.03 Å². The van der Waals surface area contributed by atoms with Crippen molar-refractivity contribution in [2.45, 2.75) is 25.8 Å². The SMILES string of the molecule is C[C@@H]1CCN(C(=O)CC#N)C[C@@H]1N(C)c1ncnc2c1ccn2C(=O)NCC(=O)NCCN.Cl. The average Bonchev–Trinajstić information content (AvgIpc) is 3.25. The molecule has 1 saturated heterocycles. The zero-order valence-corrected chi connectivity index (χ0v) is 20.0. The van der Waals surface area contributed by atoms with Crippen LogP contribution in [-0.2, 0) is 9.59 Å². The number of nitriles is 1. The third-order valence-corrected chi connectivity index (χ3v) is 5.88. The molecule has 2 aromatic heterocycles. The molecule has 13 heteroatoms. The van der Waals surface area contributed by atoms with E-state index in [0.717, 1.165) is 6.42 Å². The second-order valence-corrected chi connectivity index (χ2v) is 8.04. The standard InChI is InChI=1S/C21H29N9O3.ClH/c1-14-4-9-29(18(32)3-6-22)12-16(14)28(2)19-15-5-10-30(20(15)27-13-26-19)21(33)25-11-17(31)24-8-7-23;/h5,10,13-14,16H,3-4,7-9,11-12,23H2,1-2H3,(H,24,31)(H,25,33);1H/t14-,16+;/m1./s1. The summed E-state index contributed by atoms with van der Waals surface area (Å²) in [6.07, 6.45) is 3.65. The van der Waals surface area contributed by atoms with Gasteiger partial charge in [0.05, 0.1) is 24.0 Å². The molecule has 1 fully saturated rings. The minimum absolute atomic E-state index is 0. The Bertz CT molecular complexity index is 1070. The molecule has 1 aliphatic heterocycles. The zero-order valence-electron chi connectivity index (χ0n) is 19.2. The number of nitrogens with zero attached hydrogens (tertiary/aromatic N) is 6. The molecule has 4 N–H and O–H groups in total. The lowest BCUT2D eigenvalue weighted by atomic mass is 9.92. The monoisotopic (exact) mass is 491 g/mol. The van der Waals surface area contributed by atoms with Gasteiger partial charge in [-0.25, -0.2) is 14.8 Å². The highest BCUT2D eigenvalue weighted by Crippen LogP contribution is 2.29. The summed E-state index contributed by atoms with van der Waals surface area (Å²) in [5, 5.41) is 14.7. The summed E-state index contributed by atoms with van der Waals surface area (Å²) in [5.41, 5.74) is 5.76. The van der Waals surface area contributed by atoms with E-state index >= 15 is 0 Å². The topological polar surface area (TPSA) is 162 Å². The molecular formula is C21H30ClN9O3. The van der Waals surface area contributed by atoms with E-state index in [1.165, 1.54) is 10.9 Å². The first-order valence-electron chi connectivity index (χ1n) is 10.8. The minimum atomic E-state index is -0.487. The van der Waals surface area contributed by atoms with Crippen molar-refractivity contribution in [2.75, 3.05) is 44.7 Å². The Morgan fingerprint density at radius 2 is 2.09 bits per heavy atom. The van der Waals surface area contributed by atoms with Crippen LogP contribution in [0, 0.1) is 17.2 Å². The molecule has 0 unspecified atom stereocenters. The maximum Gasteiger partial charge on any atom is 0.327 e. The third kappa shape index (κ3) is 5.92. The molecule has 3 amide bonds. The highest BCUT2D eigenvalue weighted by atomic mass is 35.5. The number of halogens is 1. The zero-order chi connectivity index (χ0) is 24.0. The smallest absolute Gasteiger partial charge is 0.327 e. The number of hydrogen-bond acceptors (Lipinski definition) is 8. The molecule has 3 heterocycles. The van der Waals surface area contributed by atoms with Crippen LogP contribution in [-0.4, -0.2) is 83.1 Å². The number of hydrogen-bond donors (Lipinski definition) is 3. The van der Waals surface area contributed by atoms with Crippen molar-refractivity contribution >= 4 is 47.1 Å². The van der Waals surface area contributed by atoms with E-state index in [1.807, 2.05) is 18.0 Å². The second-order valence-electron chi connectivity index (χ2n) is 8.04. The lowest BCUT2D eigenvalue weighted by Crippen LogP contribution is -2.52. The van der Waals surface area contributed by atoms with Crippen LogP contribution >= 0.6 is 12.4 Å². The molecule has 184 valence electrons. The van der Waals surface area contributed by atoms with Crippen LogP contribution in [0.3, 0.4) is 0 Å². The number of likely N-dealkylation sites (tertiary alicyclic amines) is 1. The van der Waals surface area contributed by atoms with Gasteiger partial charge in [-0.15, -0.1) is 12.4 Å². The van der Waals surface area contributed by atoms with Gasteiger partial charge in [-0.05, 0) is 18.4 Å². The maximum absolute atomic E-state index is 12.6. The highest BCUT2D eigenvalue weighted by molar-refractivity contribution is 5.95. The van der Waals surface area contributed by atoms with E-state index in [2.05, 4.69) is 27.5 Å². The number of fused-ring (bicyclic) bond motifs is 1. The number of rotatable bonds is 7. The van der Waals surface area contributed by atoms with E-state index in [4.69, 9.17) is 11.0 Å². The molecule has 34 heavy (non-hydrogen) atoms. The van der Waals surface area contributed by atoms with E-state index in [0.29, 0.717) is 48.9 Å². The Balaban J connectivity index is 0.00000408. The van der Waals surface area contributed by atoms with Crippen LogP contribution in [0.4, 0.5) is 10.6 Å². The number of nitrogens with two attached hydrogens (primary N) is 1. The fourth-order valence-electron chi connectivity index (χ4n) is 4.01. The van der Waals surface area contributed by atoms with Crippen LogP contribution in [0.1, 0.15) is 19.8 Å². The fraction of sp³-hybridized carbons (Fsp3) is 0.524. The molecule has 2 aromatic rings. The lowest BCUT2D eigenvalue weighted by Gasteiger charge is -2.42. The Kier molecular flexibility index (Phi) is 9.58. The summed E-state index contributed by atoms with van der Waals surface area (Å²) >= 11 is 0. The van der Waals surface area contributed by atoms with Crippen LogP contribution in [0.5, 0.6) is 0 Å². The number of amides is 3. The van der Waals surface area contributed by atoms with Crippen molar-refractivity contribution in [2.24, 2.45) is 11.7 Å². The number of aromatic nitrogens is 3. The van der Waals surface area contributed by atoms with Crippen LogP contribution in [0.2, 0.25) is 0 Å². The molecule has 3 rings (SSSR count). The molecule has 0 aromatic carbocycles. The Morgan fingerprint density at radius 1 is 1.32 bits per heavy atom. The number of carbonyl (C=O) groups excluding carboxylic acids is 3. The highest BCUT2D eigenvalue weighted by Gasteiger charge is 2.32. The van der Waals surface area contributed by atoms with Gasteiger partial charge < -0.3 is 26.2 Å². The first kappa shape index (κ1) is 26.8. The first-order valence-corrected chi connectivity index (χ1v) is 10.8. The van der Waals surface area contributed by atoms with Gasteiger partial charge in [-0.1, -0.05) is 6.92 Å². The second kappa shape index (κ2) is 12.2. The first-order chi connectivity index (χ1) is 15.9. The maximum atomic E-state index is 12.6. The number of nitrogens with one attached hydrogen (secondary N) is 2. The van der Waals surface area contributed by atoms with Crippen LogP contribution in [0.15, 0.2) is 18.6 Å². The van der Waals surface area contributed by atoms with Gasteiger partial charge in [0.2, 0.25) is 11.8 Å². The van der Waals surface area contributed by atoms with E-state index in [-0.39, 0.29) is 43.2 Å². The predicted octanol–water partition coefficient (Wildman–Crippen LogP) is 0.0726. The normalized spacial score (nSPS) is 17.4. The number of carbonyl (C=O) groups is 3. The predicted molar refractivity (Wildman–Crippen MR) is 128 cm³/mol. The average molecular weight is 492 g/mol. The number of anilines is 1. The summed E-state index contributed by atoms with van der Waals surface area (Å²) in [6, 6.07) is 3.17. The van der Waals surface area contributed by atoms with Gasteiger partial charge in [0, 0.05) is 39.4 Å². The molecule has 0 aliphatic carbocycles. The van der Waals surface area contributed by atoms with Gasteiger partial charge in [0.1, 0.15) is 18.6 Å². The van der Waals surface area contributed by atoms with Crippen molar-refractivity contribution in [1.29, 1.82) is 5.26 Å². The Labute approximate surface area is 203 Å². The summed E-state index contributed by atoms with van der Waals surface area (Å²) in [5.74, 6) is 0.429. The van der Waals surface area contributed by atoms with Crippen molar-refractivity contribution < 1.29 is 14.4 Å². The Hall–Kier alpha value is -3.43. The van der Waals surface area contributed by atoms with Gasteiger partial charge in [0.15, 0.2) is 5.65 Å². The van der Waals surface area contributed by atoms with E-state index in [9.17, 15) is 14.4 Å². The summed E-state index contributed by atoms with van der Waals surface area (Å²) in [4.78, 5) is 49.0. The largest absolute Gasteiger partial charge is 0.354 e. The fourth-order valence-corrected chi connectivity index (χ4v) is 4.01. The molecule has 2 atom stereocenters. The summed E-state index contributed by atoms with van der Waals surface area (Å²) < 4.78 is 1.33. The van der Waals surface area contributed by atoms with E-state index < -0.39 is 6.03 Å². The molecule has 0 saturated carbocycles. The lowest BCUT2D eigenvalue weighted by molar-refractivity contribution is -0.131. The summed E-state index contributed by atoms with van der Waals surface area (Å²) in [7, 11) is 1.90. The van der Waals surface area contributed by atoms with E-state index in [1.54, 1.807) is 17.2 Å². The Morgan fingerprint density at radius 3 is 2.79 bits per heavy atom. The number of piperidine rings is 1. The van der Waals surface area contributed by atoms with Crippen molar-refractivity contribution in [3.8, 4) is 6.07 Å². The van der Waals surface area contributed by atoms with Gasteiger partial charge in [-0.2, -0.15) is 5.26 Å². The minimum Gasteiger partial charge on any atom is -0.354 e. The van der Waals surface area contributed by atoms with Crippen LogP contribution in [0.25, 0.3) is 11.0 Å². The van der Waals surface area contributed by atoms with Gasteiger partial charge in [-0.3, -0.25) is 14.2 Å². The van der Waals surface area contributed by atoms with Crippen LogP contribution < -0.4 is 21.3 Å². The molecule has 12 nitrogen and oxygen atoms in total. The third-order valence-electron chi connectivity index (χ3n) is 5.88. The number of likely N-dealkylation sites (N-methyl/N-ethyl adjacent to an activating group) is 1. The molecule has 1 aliphatic rings.